The van der Waals surface area contributed by atoms with Crippen LogP contribution in [-0.2, 0) is 11.3 Å². The highest BCUT2D eigenvalue weighted by Crippen LogP contribution is 2.21. The molecule has 0 saturated carbocycles. The van der Waals surface area contributed by atoms with E-state index in [2.05, 4.69) is 25.8 Å². The number of nitrogens with zero attached hydrogens (tertiary/aromatic N) is 3. The number of benzene rings is 1. The third kappa shape index (κ3) is 3.87. The van der Waals surface area contributed by atoms with Crippen LogP contribution >= 0.6 is 11.8 Å². The van der Waals surface area contributed by atoms with Gasteiger partial charge in [-0.15, -0.1) is 0 Å². The minimum Gasteiger partial charge on any atom is -0.353 e. The number of para-hydroxylation sites is 2. The molecule has 1 saturated heterocycles. The van der Waals surface area contributed by atoms with Gasteiger partial charge in [-0.1, -0.05) is 12.1 Å². The van der Waals surface area contributed by atoms with Crippen LogP contribution in [0.2, 0.25) is 0 Å². The molecule has 2 heterocycles. The lowest BCUT2D eigenvalue weighted by atomic mass is 10.2. The number of carbonyl (C=O) groups is 1. The maximum Gasteiger partial charge on any atom is 0.234 e. The first-order valence-electron chi connectivity index (χ1n) is 8.11. The molecule has 0 radical (unpaired) electrons. The summed E-state index contributed by atoms with van der Waals surface area (Å²) >= 11 is 1.97. The molecule has 0 unspecified atom stereocenters. The smallest absolute Gasteiger partial charge is 0.234 e. The number of fused-ring (bicyclic) bond motifs is 1. The van der Waals surface area contributed by atoms with Gasteiger partial charge in [0, 0.05) is 24.9 Å². The van der Waals surface area contributed by atoms with Gasteiger partial charge in [-0.3, -0.25) is 9.69 Å². The lowest BCUT2D eigenvalue weighted by Gasteiger charge is -2.22. The number of likely N-dealkylation sites (N-methyl/N-ethyl adjacent to an activating group) is 1. The normalized spacial score (nSPS) is 18.0. The quantitative estimate of drug-likeness (QED) is 0.878. The molecule has 1 aliphatic rings. The number of hydrogen-bond donors (Lipinski definition) is 1. The number of hydrogen-bond acceptors (Lipinski definition) is 4. The molecule has 1 aromatic heterocycles. The fourth-order valence-electron chi connectivity index (χ4n) is 3.07. The van der Waals surface area contributed by atoms with Crippen LogP contribution in [0.15, 0.2) is 24.3 Å². The van der Waals surface area contributed by atoms with Crippen LogP contribution in [0.25, 0.3) is 11.0 Å². The van der Waals surface area contributed by atoms with Gasteiger partial charge in [0.2, 0.25) is 5.91 Å². The number of aromatic nitrogens is 2. The molecule has 1 fully saturated rings. The number of imidazole rings is 1. The van der Waals surface area contributed by atoms with Crippen LogP contribution in [0.4, 0.5) is 0 Å². The average Bonchev–Trinajstić information content (AvgIpc) is 3.16. The van der Waals surface area contributed by atoms with E-state index >= 15 is 0 Å². The highest BCUT2D eigenvalue weighted by Gasteiger charge is 2.21. The molecular formula is C17H24N4OS. The zero-order chi connectivity index (χ0) is 16.2. The van der Waals surface area contributed by atoms with Gasteiger partial charge in [-0.25, -0.2) is 4.98 Å². The number of rotatable bonds is 6. The van der Waals surface area contributed by atoms with E-state index in [0.717, 1.165) is 29.2 Å². The van der Waals surface area contributed by atoms with E-state index in [-0.39, 0.29) is 5.91 Å². The van der Waals surface area contributed by atoms with Crippen molar-refractivity contribution in [3.8, 4) is 0 Å². The zero-order valence-electron chi connectivity index (χ0n) is 13.8. The molecule has 1 amide bonds. The van der Waals surface area contributed by atoms with E-state index in [1.54, 1.807) is 0 Å². The summed E-state index contributed by atoms with van der Waals surface area (Å²) in [6, 6.07) is 8.66. The monoisotopic (exact) mass is 332 g/mol. The Kier molecular flexibility index (Phi) is 5.23. The summed E-state index contributed by atoms with van der Waals surface area (Å²) in [5, 5.41) is 3.03. The lowest BCUT2D eigenvalue weighted by Crippen LogP contribution is -2.41. The molecule has 2 aromatic rings. The van der Waals surface area contributed by atoms with Crippen molar-refractivity contribution >= 4 is 28.7 Å². The van der Waals surface area contributed by atoms with Gasteiger partial charge in [-0.05, 0) is 38.3 Å². The number of carbonyl (C=O) groups excluding carboxylic acids is 1. The molecular weight excluding hydrogens is 308 g/mol. The lowest BCUT2D eigenvalue weighted by molar-refractivity contribution is -0.122. The van der Waals surface area contributed by atoms with E-state index in [0.29, 0.717) is 19.1 Å². The minimum absolute atomic E-state index is 0.103. The first-order valence-corrected chi connectivity index (χ1v) is 9.27. The van der Waals surface area contributed by atoms with Crippen LogP contribution in [0.1, 0.15) is 12.2 Å². The maximum atomic E-state index is 12.1. The molecule has 124 valence electrons. The molecule has 6 heteroatoms. The number of amides is 1. The second kappa shape index (κ2) is 7.36. The van der Waals surface area contributed by atoms with Gasteiger partial charge in [0.05, 0.1) is 17.6 Å². The van der Waals surface area contributed by atoms with Gasteiger partial charge >= 0.3 is 0 Å². The predicted octanol–water partition coefficient (Wildman–Crippen LogP) is 1.90. The number of nitrogens with one attached hydrogen (secondary N) is 1. The van der Waals surface area contributed by atoms with E-state index < -0.39 is 0 Å². The summed E-state index contributed by atoms with van der Waals surface area (Å²) in [5.41, 5.74) is 2.13. The Balaban J connectivity index is 1.50. The summed E-state index contributed by atoms with van der Waals surface area (Å²) in [6.45, 7) is 3.87. The Bertz CT molecular complexity index is 678. The third-order valence-corrected chi connectivity index (χ3v) is 5.57. The van der Waals surface area contributed by atoms with Crippen molar-refractivity contribution in [1.29, 1.82) is 0 Å². The van der Waals surface area contributed by atoms with E-state index in [9.17, 15) is 4.79 Å². The van der Waals surface area contributed by atoms with Gasteiger partial charge < -0.3 is 9.88 Å². The second-order valence-electron chi connectivity index (χ2n) is 6.08. The highest BCUT2D eigenvalue weighted by molar-refractivity contribution is 7.99. The van der Waals surface area contributed by atoms with Crippen molar-refractivity contribution in [2.45, 2.75) is 25.9 Å². The molecule has 3 rings (SSSR count). The molecule has 1 atom stereocenters. The van der Waals surface area contributed by atoms with Crippen molar-refractivity contribution in [3.05, 3.63) is 30.1 Å². The Hall–Kier alpha value is -1.53. The standard InChI is InChI=1S/C17H24N4OS/c1-13-19-15-5-3-4-6-16(15)21(13)9-8-18-17(22)11-20(2)14-7-10-23-12-14/h3-6,14H,7-12H2,1-2H3,(H,18,22)/t14-/m0/s1. The van der Waals surface area contributed by atoms with Crippen molar-refractivity contribution in [1.82, 2.24) is 19.8 Å². The molecule has 0 aliphatic carbocycles. The van der Waals surface area contributed by atoms with Crippen molar-refractivity contribution < 1.29 is 4.79 Å². The van der Waals surface area contributed by atoms with Gasteiger partial charge in [0.1, 0.15) is 5.82 Å². The fraction of sp³-hybridized carbons (Fsp3) is 0.529. The second-order valence-corrected chi connectivity index (χ2v) is 7.23. The predicted molar refractivity (Wildman–Crippen MR) is 95.8 cm³/mol. The summed E-state index contributed by atoms with van der Waals surface area (Å²) in [7, 11) is 2.05. The highest BCUT2D eigenvalue weighted by atomic mass is 32.2. The zero-order valence-corrected chi connectivity index (χ0v) is 14.6. The van der Waals surface area contributed by atoms with Gasteiger partial charge in [0.15, 0.2) is 0 Å². The molecule has 0 bridgehead atoms. The third-order valence-electron chi connectivity index (χ3n) is 4.42. The Morgan fingerprint density at radius 2 is 2.30 bits per heavy atom. The van der Waals surface area contributed by atoms with Crippen LogP contribution < -0.4 is 5.32 Å². The van der Waals surface area contributed by atoms with E-state index in [1.807, 2.05) is 43.9 Å². The van der Waals surface area contributed by atoms with E-state index in [4.69, 9.17) is 0 Å². The summed E-state index contributed by atoms with van der Waals surface area (Å²) in [6.07, 6.45) is 1.19. The summed E-state index contributed by atoms with van der Waals surface area (Å²) in [4.78, 5) is 18.8. The van der Waals surface area contributed by atoms with Gasteiger partial charge in [-0.2, -0.15) is 11.8 Å². The summed E-state index contributed by atoms with van der Waals surface area (Å²) < 4.78 is 2.16. The Morgan fingerprint density at radius 3 is 3.09 bits per heavy atom. The molecule has 23 heavy (non-hydrogen) atoms. The first kappa shape index (κ1) is 16.3. The largest absolute Gasteiger partial charge is 0.353 e. The van der Waals surface area contributed by atoms with Crippen molar-refractivity contribution in [2.24, 2.45) is 0 Å². The Morgan fingerprint density at radius 1 is 1.48 bits per heavy atom. The summed E-state index contributed by atoms with van der Waals surface area (Å²) in [5.74, 6) is 3.44. The SMILES string of the molecule is Cc1nc2ccccc2n1CCNC(=O)CN(C)[C@H]1CCSC1. The van der Waals surface area contributed by atoms with Crippen LogP contribution in [-0.4, -0.2) is 58.0 Å². The molecule has 5 nitrogen and oxygen atoms in total. The Labute approximate surface area is 141 Å². The number of thioether (sulfide) groups is 1. The number of aryl methyl sites for hydroxylation is 1. The topological polar surface area (TPSA) is 50.2 Å². The molecule has 1 aromatic carbocycles. The molecule has 0 spiro atoms. The first-order chi connectivity index (χ1) is 11.1. The minimum atomic E-state index is 0.103. The van der Waals surface area contributed by atoms with E-state index in [1.165, 1.54) is 12.2 Å². The van der Waals surface area contributed by atoms with Crippen molar-refractivity contribution in [2.75, 3.05) is 31.6 Å². The van der Waals surface area contributed by atoms with Crippen LogP contribution in [0.5, 0.6) is 0 Å². The van der Waals surface area contributed by atoms with Crippen LogP contribution in [0.3, 0.4) is 0 Å². The van der Waals surface area contributed by atoms with Crippen LogP contribution in [0, 0.1) is 6.92 Å². The average molecular weight is 332 g/mol. The molecule has 1 N–H and O–H groups in total. The van der Waals surface area contributed by atoms with Crippen molar-refractivity contribution in [3.63, 3.8) is 0 Å². The van der Waals surface area contributed by atoms with Gasteiger partial charge in [0.25, 0.3) is 0 Å². The maximum absolute atomic E-state index is 12.1. The fourth-order valence-corrected chi connectivity index (χ4v) is 4.37. The molecule has 1 aliphatic heterocycles.